The maximum atomic E-state index is 13.0. The molecule has 1 aromatic carbocycles. The molecule has 4 heterocycles. The highest BCUT2D eigenvalue weighted by atomic mass is 32.1. The summed E-state index contributed by atoms with van der Waals surface area (Å²) < 4.78 is 1.12. The van der Waals surface area contributed by atoms with E-state index in [0.29, 0.717) is 15.4 Å². The largest absolute Gasteiger partial charge is 0.365 e. The zero-order chi connectivity index (χ0) is 22.2. The molecule has 164 valence electrons. The van der Waals surface area contributed by atoms with E-state index in [9.17, 15) is 9.59 Å². The molecule has 3 aromatic heterocycles. The van der Waals surface area contributed by atoms with Gasteiger partial charge in [-0.15, -0.1) is 34.0 Å². The lowest BCUT2D eigenvalue weighted by atomic mass is 10.0. The predicted octanol–water partition coefficient (Wildman–Crippen LogP) is 5.21. The molecular weight excluding hydrogens is 460 g/mol. The maximum Gasteiger partial charge on any atom is 0.266 e. The van der Waals surface area contributed by atoms with Gasteiger partial charge in [-0.25, -0.2) is 4.98 Å². The number of amides is 2. The topological polar surface area (TPSA) is 88.3 Å². The fraction of sp³-hybridized carbons (Fsp3) is 0.261. The number of thiazole rings is 1. The molecule has 0 radical (unpaired) electrons. The van der Waals surface area contributed by atoms with E-state index in [0.717, 1.165) is 63.0 Å². The van der Waals surface area contributed by atoms with Crippen LogP contribution in [0.1, 0.15) is 43.8 Å². The molecule has 2 amide bonds. The second kappa shape index (κ2) is 8.74. The van der Waals surface area contributed by atoms with Gasteiger partial charge in [-0.3, -0.25) is 14.5 Å². The molecule has 0 atom stereocenters. The minimum Gasteiger partial charge on any atom is -0.365 e. The fourth-order valence-electron chi connectivity index (χ4n) is 4.03. The van der Waals surface area contributed by atoms with E-state index in [4.69, 9.17) is 5.73 Å². The van der Waals surface area contributed by atoms with E-state index in [-0.39, 0.29) is 5.91 Å². The quantitative estimate of drug-likeness (QED) is 0.395. The zero-order valence-corrected chi connectivity index (χ0v) is 20.0. The number of thiophene rings is 2. The number of anilines is 1. The number of hydrogen-bond acceptors (Lipinski definition) is 7. The molecule has 3 N–H and O–H groups in total. The van der Waals surface area contributed by atoms with Crippen molar-refractivity contribution in [2.45, 2.75) is 26.3 Å². The molecule has 0 bridgehead atoms. The normalized spacial score (nSPS) is 13.9. The Morgan fingerprint density at radius 3 is 2.78 bits per heavy atom. The van der Waals surface area contributed by atoms with Crippen LogP contribution in [-0.2, 0) is 13.0 Å². The van der Waals surface area contributed by atoms with E-state index >= 15 is 0 Å². The zero-order valence-electron chi connectivity index (χ0n) is 17.5. The number of nitrogens with one attached hydrogen (secondary N) is 1. The standard InChI is InChI=1S/C23H22N4O2S3/c1-2-10-27-11-9-13-18(12-27)32-23(19(13)20(24)28)26-21(29)16-7-8-17(30-16)22-25-14-5-3-4-6-15(14)31-22/h3-8H,2,9-12H2,1H3,(H2,24,28)(H,26,29). The number of aromatic nitrogens is 1. The summed E-state index contributed by atoms with van der Waals surface area (Å²) in [6, 6.07) is 11.7. The number of fused-ring (bicyclic) bond motifs is 2. The first-order valence-electron chi connectivity index (χ1n) is 10.5. The van der Waals surface area contributed by atoms with Crippen molar-refractivity contribution in [1.29, 1.82) is 0 Å². The first-order valence-corrected chi connectivity index (χ1v) is 12.9. The van der Waals surface area contributed by atoms with Crippen LogP contribution in [0.3, 0.4) is 0 Å². The third-order valence-corrected chi connectivity index (χ3v) is 8.91. The number of carbonyl (C=O) groups excluding carboxylic acids is 2. The molecule has 0 saturated carbocycles. The lowest BCUT2D eigenvalue weighted by molar-refractivity contribution is 0.1000. The smallest absolute Gasteiger partial charge is 0.266 e. The van der Waals surface area contributed by atoms with Crippen LogP contribution in [0.5, 0.6) is 0 Å². The average molecular weight is 483 g/mol. The minimum absolute atomic E-state index is 0.228. The number of nitrogens with two attached hydrogens (primary N) is 1. The Labute approximate surface area is 197 Å². The molecule has 1 aliphatic rings. The lowest BCUT2D eigenvalue weighted by Crippen LogP contribution is -2.31. The Balaban J connectivity index is 1.39. The van der Waals surface area contributed by atoms with Crippen LogP contribution in [0.2, 0.25) is 0 Å². The van der Waals surface area contributed by atoms with E-state index in [1.54, 1.807) is 11.3 Å². The molecular formula is C23H22N4O2S3. The van der Waals surface area contributed by atoms with Gasteiger partial charge in [0.15, 0.2) is 0 Å². The van der Waals surface area contributed by atoms with Gasteiger partial charge in [-0.1, -0.05) is 19.1 Å². The Kier molecular flexibility index (Phi) is 5.81. The summed E-state index contributed by atoms with van der Waals surface area (Å²) in [5, 5.41) is 4.41. The lowest BCUT2D eigenvalue weighted by Gasteiger charge is -2.26. The molecule has 0 unspecified atom stereocenters. The molecule has 1 aliphatic heterocycles. The van der Waals surface area contributed by atoms with Gasteiger partial charge in [0, 0.05) is 18.0 Å². The molecule has 5 rings (SSSR count). The monoisotopic (exact) mass is 482 g/mol. The number of hydrogen-bond donors (Lipinski definition) is 2. The third kappa shape index (κ3) is 3.97. The van der Waals surface area contributed by atoms with Crippen LogP contribution >= 0.6 is 34.0 Å². The van der Waals surface area contributed by atoms with Gasteiger partial charge in [-0.2, -0.15) is 0 Å². The molecule has 0 aliphatic carbocycles. The van der Waals surface area contributed by atoms with Crippen molar-refractivity contribution in [3.8, 4) is 9.88 Å². The maximum absolute atomic E-state index is 13.0. The Morgan fingerprint density at radius 1 is 1.16 bits per heavy atom. The number of benzene rings is 1. The van der Waals surface area contributed by atoms with Crippen molar-refractivity contribution < 1.29 is 9.59 Å². The van der Waals surface area contributed by atoms with Crippen LogP contribution in [0.25, 0.3) is 20.1 Å². The Hall–Kier alpha value is -2.59. The number of primary amides is 1. The van der Waals surface area contributed by atoms with Crippen LogP contribution in [0, 0.1) is 0 Å². The first-order chi connectivity index (χ1) is 15.5. The van der Waals surface area contributed by atoms with Gasteiger partial charge in [0.05, 0.1) is 25.5 Å². The summed E-state index contributed by atoms with van der Waals surface area (Å²) in [5.74, 6) is -0.711. The summed E-state index contributed by atoms with van der Waals surface area (Å²) in [7, 11) is 0. The van der Waals surface area contributed by atoms with Crippen LogP contribution < -0.4 is 11.1 Å². The van der Waals surface area contributed by atoms with Crippen molar-refractivity contribution in [2.75, 3.05) is 18.4 Å². The second-order valence-corrected chi connectivity index (χ2v) is 10.9. The number of nitrogens with zero attached hydrogens (tertiary/aromatic N) is 2. The van der Waals surface area contributed by atoms with Crippen molar-refractivity contribution in [1.82, 2.24) is 9.88 Å². The van der Waals surface area contributed by atoms with Crippen molar-refractivity contribution in [3.63, 3.8) is 0 Å². The predicted molar refractivity (Wildman–Crippen MR) is 133 cm³/mol. The molecule has 9 heteroatoms. The summed E-state index contributed by atoms with van der Waals surface area (Å²) in [4.78, 5) is 34.9. The first kappa shape index (κ1) is 21.3. The highest BCUT2D eigenvalue weighted by Gasteiger charge is 2.28. The minimum atomic E-state index is -0.483. The highest BCUT2D eigenvalue weighted by Crippen LogP contribution is 2.38. The molecule has 6 nitrogen and oxygen atoms in total. The van der Waals surface area contributed by atoms with E-state index < -0.39 is 5.91 Å². The highest BCUT2D eigenvalue weighted by molar-refractivity contribution is 7.26. The van der Waals surface area contributed by atoms with E-state index in [2.05, 4.69) is 22.1 Å². The van der Waals surface area contributed by atoms with E-state index in [1.165, 1.54) is 22.7 Å². The molecule has 0 spiro atoms. The van der Waals surface area contributed by atoms with Crippen molar-refractivity contribution in [3.05, 3.63) is 57.3 Å². The summed E-state index contributed by atoms with van der Waals surface area (Å²) >= 11 is 4.48. The van der Waals surface area contributed by atoms with Crippen molar-refractivity contribution >= 4 is 61.0 Å². The van der Waals surface area contributed by atoms with Gasteiger partial charge in [0.25, 0.3) is 11.8 Å². The van der Waals surface area contributed by atoms with Crippen LogP contribution in [0.4, 0.5) is 5.00 Å². The fourth-order valence-corrected chi connectivity index (χ4v) is 7.24. The summed E-state index contributed by atoms with van der Waals surface area (Å²) in [6.45, 7) is 4.88. The third-order valence-electron chi connectivity index (χ3n) is 5.48. The Bertz CT molecular complexity index is 1290. The number of carbonyl (C=O) groups is 2. The SMILES string of the molecule is CCCN1CCc2c(sc(NC(=O)c3ccc(-c4nc5ccccc5s4)s3)c2C(N)=O)C1. The summed E-state index contributed by atoms with van der Waals surface area (Å²) in [6.07, 6.45) is 1.86. The summed E-state index contributed by atoms with van der Waals surface area (Å²) in [5.41, 5.74) is 8.13. The molecule has 0 saturated heterocycles. The van der Waals surface area contributed by atoms with Gasteiger partial charge in [0.1, 0.15) is 10.0 Å². The van der Waals surface area contributed by atoms with Gasteiger partial charge >= 0.3 is 0 Å². The Morgan fingerprint density at radius 2 is 2.00 bits per heavy atom. The molecule has 0 fully saturated rings. The second-order valence-electron chi connectivity index (χ2n) is 7.70. The molecule has 32 heavy (non-hydrogen) atoms. The van der Waals surface area contributed by atoms with E-state index in [1.807, 2.05) is 36.4 Å². The van der Waals surface area contributed by atoms with Crippen molar-refractivity contribution in [2.24, 2.45) is 5.73 Å². The van der Waals surface area contributed by atoms with Gasteiger partial charge in [-0.05, 0) is 49.2 Å². The number of rotatable bonds is 6. The molecule has 4 aromatic rings. The van der Waals surface area contributed by atoms with Gasteiger partial charge < -0.3 is 11.1 Å². The number of para-hydroxylation sites is 1. The van der Waals surface area contributed by atoms with Gasteiger partial charge in [0.2, 0.25) is 0 Å². The average Bonchev–Trinajstić information content (AvgIpc) is 3.49. The van der Waals surface area contributed by atoms with Crippen LogP contribution in [0.15, 0.2) is 36.4 Å². The van der Waals surface area contributed by atoms with Crippen LogP contribution in [-0.4, -0.2) is 34.8 Å².